The molecule has 1 aliphatic heterocycles. The van der Waals surface area contributed by atoms with Gasteiger partial charge in [0, 0.05) is 25.5 Å². The number of carbonyl (C=O) groups is 2. The number of benzene rings is 1. The molecule has 120 valence electrons. The molecule has 1 heterocycles. The monoisotopic (exact) mass is 327 g/mol. The lowest BCUT2D eigenvalue weighted by Gasteiger charge is -2.33. The third-order valence-corrected chi connectivity index (χ3v) is 3.75. The second-order valence-electron chi connectivity index (χ2n) is 5.58. The molecular formula is C15H18FNO4S. The topological polar surface area (TPSA) is 64.6 Å². The number of rotatable bonds is 5. The molecule has 1 unspecified atom stereocenters. The van der Waals surface area contributed by atoms with E-state index in [-0.39, 0.29) is 12.2 Å². The standard InChI is InChI=1S/C15H18FNO4S/c1-15(2)20-13(18)10(14(19)21-15)7-8-12(17-22)9-5-3-4-6-11(9)16/h3-6,10,12,17,22H,7-8H2,1-2H3. The van der Waals surface area contributed by atoms with Crippen molar-refractivity contribution in [2.24, 2.45) is 5.92 Å². The van der Waals surface area contributed by atoms with E-state index in [2.05, 4.69) is 17.5 Å². The van der Waals surface area contributed by atoms with Gasteiger partial charge >= 0.3 is 11.9 Å². The molecular weight excluding hydrogens is 309 g/mol. The van der Waals surface area contributed by atoms with Crippen LogP contribution in [0, 0.1) is 11.7 Å². The maximum Gasteiger partial charge on any atom is 0.323 e. The summed E-state index contributed by atoms with van der Waals surface area (Å²) < 4.78 is 26.6. The zero-order valence-electron chi connectivity index (χ0n) is 12.3. The SMILES string of the molecule is CC1(C)OC(=O)C(CCC(NS)c2ccccc2F)C(=O)O1. The summed E-state index contributed by atoms with van der Waals surface area (Å²) in [5.74, 6) is -3.84. The molecule has 22 heavy (non-hydrogen) atoms. The number of ether oxygens (including phenoxy) is 2. The zero-order valence-corrected chi connectivity index (χ0v) is 13.2. The van der Waals surface area contributed by atoms with Gasteiger partial charge in [0.05, 0.1) is 0 Å². The van der Waals surface area contributed by atoms with Gasteiger partial charge in [-0.15, -0.1) is 0 Å². The maximum absolute atomic E-state index is 13.8. The average molecular weight is 327 g/mol. The summed E-state index contributed by atoms with van der Waals surface area (Å²) in [4.78, 5) is 23.8. The van der Waals surface area contributed by atoms with Crippen molar-refractivity contribution < 1.29 is 23.5 Å². The largest absolute Gasteiger partial charge is 0.422 e. The Hall–Kier alpha value is -1.60. The minimum atomic E-state index is -1.24. The highest BCUT2D eigenvalue weighted by atomic mass is 32.1. The van der Waals surface area contributed by atoms with Gasteiger partial charge in [0.2, 0.25) is 0 Å². The molecule has 1 N–H and O–H groups in total. The summed E-state index contributed by atoms with van der Waals surface area (Å²) in [7, 11) is 0. The van der Waals surface area contributed by atoms with Crippen molar-refractivity contribution in [3.63, 3.8) is 0 Å². The van der Waals surface area contributed by atoms with Crippen LogP contribution < -0.4 is 4.72 Å². The molecule has 0 amide bonds. The number of hydrogen-bond donors (Lipinski definition) is 2. The van der Waals surface area contributed by atoms with Crippen LogP contribution in [0.25, 0.3) is 0 Å². The fourth-order valence-corrected chi connectivity index (χ4v) is 2.63. The van der Waals surface area contributed by atoms with E-state index in [9.17, 15) is 14.0 Å². The Kier molecular flexibility index (Phi) is 5.08. The van der Waals surface area contributed by atoms with Crippen molar-refractivity contribution in [1.82, 2.24) is 4.72 Å². The van der Waals surface area contributed by atoms with E-state index in [1.54, 1.807) is 18.2 Å². The van der Waals surface area contributed by atoms with Gasteiger partial charge in [-0.25, -0.2) is 4.39 Å². The molecule has 0 saturated carbocycles. The summed E-state index contributed by atoms with van der Waals surface area (Å²) in [5.41, 5.74) is 0.426. The quantitative estimate of drug-likeness (QED) is 0.494. The van der Waals surface area contributed by atoms with Gasteiger partial charge in [0.25, 0.3) is 5.79 Å². The van der Waals surface area contributed by atoms with Crippen LogP contribution in [0.5, 0.6) is 0 Å². The third kappa shape index (κ3) is 3.78. The Balaban J connectivity index is 2.04. The summed E-state index contributed by atoms with van der Waals surface area (Å²) in [5, 5.41) is 0. The Morgan fingerprint density at radius 1 is 1.27 bits per heavy atom. The van der Waals surface area contributed by atoms with Crippen LogP contribution in [0.3, 0.4) is 0 Å². The second-order valence-corrected chi connectivity index (χ2v) is 5.83. The van der Waals surface area contributed by atoms with E-state index < -0.39 is 29.7 Å². The predicted molar refractivity (Wildman–Crippen MR) is 80.2 cm³/mol. The van der Waals surface area contributed by atoms with Gasteiger partial charge in [-0.05, 0) is 18.9 Å². The van der Waals surface area contributed by atoms with Gasteiger partial charge in [0.15, 0.2) is 5.92 Å². The zero-order chi connectivity index (χ0) is 16.3. The van der Waals surface area contributed by atoms with Crippen molar-refractivity contribution in [1.29, 1.82) is 0 Å². The molecule has 0 aliphatic carbocycles. The molecule has 1 fully saturated rings. The fraction of sp³-hybridized carbons (Fsp3) is 0.467. The van der Waals surface area contributed by atoms with Crippen molar-refractivity contribution in [3.05, 3.63) is 35.6 Å². The van der Waals surface area contributed by atoms with E-state index >= 15 is 0 Å². The van der Waals surface area contributed by atoms with Crippen LogP contribution in [0.1, 0.15) is 38.3 Å². The average Bonchev–Trinajstić information content (AvgIpc) is 2.42. The molecule has 1 saturated heterocycles. The normalized spacial score (nSPS) is 19.5. The van der Waals surface area contributed by atoms with E-state index in [1.807, 2.05) is 0 Å². The molecule has 7 heteroatoms. The Morgan fingerprint density at radius 2 is 1.86 bits per heavy atom. The van der Waals surface area contributed by atoms with Crippen LogP contribution in [0.2, 0.25) is 0 Å². The second kappa shape index (κ2) is 6.66. The van der Waals surface area contributed by atoms with Crippen LogP contribution in [0.15, 0.2) is 24.3 Å². The molecule has 1 atom stereocenters. The number of thiol groups is 1. The number of halogens is 1. The summed E-state index contributed by atoms with van der Waals surface area (Å²) >= 11 is 4.00. The number of cyclic esters (lactones) is 2. The van der Waals surface area contributed by atoms with E-state index in [0.717, 1.165) is 0 Å². The Labute approximate surface area is 133 Å². The number of nitrogens with one attached hydrogen (secondary N) is 1. The molecule has 1 aliphatic rings. The van der Waals surface area contributed by atoms with Gasteiger partial charge in [-0.3, -0.25) is 14.3 Å². The number of carbonyl (C=O) groups excluding carboxylic acids is 2. The molecule has 5 nitrogen and oxygen atoms in total. The maximum atomic E-state index is 13.8. The first-order valence-corrected chi connectivity index (χ1v) is 7.38. The van der Waals surface area contributed by atoms with Crippen LogP contribution in [0.4, 0.5) is 4.39 Å². The van der Waals surface area contributed by atoms with E-state index in [1.165, 1.54) is 19.9 Å². The molecule has 0 aromatic heterocycles. The first kappa shape index (κ1) is 16.8. The van der Waals surface area contributed by atoms with Gasteiger partial charge in [-0.2, -0.15) is 0 Å². The van der Waals surface area contributed by atoms with Crippen molar-refractivity contribution in [2.75, 3.05) is 0 Å². The van der Waals surface area contributed by atoms with Gasteiger partial charge < -0.3 is 9.47 Å². The fourth-order valence-electron chi connectivity index (χ4n) is 2.36. The van der Waals surface area contributed by atoms with Gasteiger partial charge in [-0.1, -0.05) is 31.0 Å². The predicted octanol–water partition coefficient (Wildman–Crippen LogP) is 2.53. The minimum absolute atomic E-state index is 0.181. The highest BCUT2D eigenvalue weighted by molar-refractivity contribution is 7.78. The summed E-state index contributed by atoms with van der Waals surface area (Å²) in [6.45, 7) is 2.99. The number of esters is 2. The molecule has 2 rings (SSSR count). The first-order chi connectivity index (χ1) is 10.3. The van der Waals surface area contributed by atoms with Crippen LogP contribution >= 0.6 is 12.8 Å². The van der Waals surface area contributed by atoms with Crippen molar-refractivity contribution in [3.8, 4) is 0 Å². The third-order valence-electron chi connectivity index (χ3n) is 3.44. The Morgan fingerprint density at radius 3 is 2.41 bits per heavy atom. The lowest BCUT2D eigenvalue weighted by atomic mass is 9.95. The lowest BCUT2D eigenvalue weighted by molar-refractivity contribution is -0.240. The number of hydrogen-bond acceptors (Lipinski definition) is 6. The highest BCUT2D eigenvalue weighted by Crippen LogP contribution is 2.29. The minimum Gasteiger partial charge on any atom is -0.422 e. The smallest absolute Gasteiger partial charge is 0.323 e. The molecule has 0 spiro atoms. The van der Waals surface area contributed by atoms with Crippen molar-refractivity contribution >= 4 is 24.8 Å². The van der Waals surface area contributed by atoms with Gasteiger partial charge in [0.1, 0.15) is 5.82 Å². The highest BCUT2D eigenvalue weighted by Gasteiger charge is 2.43. The Bertz CT molecular complexity index is 558. The van der Waals surface area contributed by atoms with Crippen molar-refractivity contribution in [2.45, 2.75) is 38.5 Å². The molecule has 1 aromatic rings. The first-order valence-electron chi connectivity index (χ1n) is 6.94. The van der Waals surface area contributed by atoms with E-state index in [4.69, 9.17) is 9.47 Å². The molecule has 0 bridgehead atoms. The lowest BCUT2D eigenvalue weighted by Crippen LogP contribution is -2.46. The van der Waals surface area contributed by atoms with Crippen LogP contribution in [-0.2, 0) is 19.1 Å². The molecule has 0 radical (unpaired) electrons. The summed E-state index contributed by atoms with van der Waals surface area (Å²) in [6.07, 6.45) is 0.514. The van der Waals surface area contributed by atoms with E-state index in [0.29, 0.717) is 12.0 Å². The summed E-state index contributed by atoms with van der Waals surface area (Å²) in [6, 6.07) is 5.84. The molecule has 1 aromatic carbocycles. The van der Waals surface area contributed by atoms with Crippen LogP contribution in [-0.4, -0.2) is 17.7 Å².